The topological polar surface area (TPSA) is 0 Å². The maximum Gasteiger partial charge on any atom is 0.219 e. The number of rotatable bonds is 7. The molecule has 2 heteroatoms. The highest BCUT2D eigenvalue weighted by atomic mass is 28.3. The van der Waals surface area contributed by atoms with Crippen molar-refractivity contribution in [3.8, 4) is 0 Å². The van der Waals surface area contributed by atoms with Gasteiger partial charge in [0.25, 0.3) is 0 Å². The molecule has 0 nitrogen and oxygen atoms in total. The van der Waals surface area contributed by atoms with Crippen molar-refractivity contribution in [2.45, 2.75) is 57.9 Å². The number of halogens is 1. The standard InChI is InChI=1S/C9H21FSi/c1-3-5-7-9(11-10)8-6-4-2/h9H,3-8,11H2,1-2H3. The predicted molar refractivity (Wildman–Crippen MR) is 52.5 cm³/mol. The molecule has 0 aliphatic heterocycles. The maximum atomic E-state index is 12.4. The Kier molecular flexibility index (Phi) is 8.36. The lowest BCUT2D eigenvalue weighted by Gasteiger charge is -2.10. The molecule has 0 aromatic heterocycles. The van der Waals surface area contributed by atoms with E-state index in [1.165, 1.54) is 25.7 Å². The Hall–Kier alpha value is 0.147. The van der Waals surface area contributed by atoms with Crippen molar-refractivity contribution >= 4 is 9.85 Å². The Bertz CT molecular complexity index is 68.0. The second-order valence-electron chi connectivity index (χ2n) is 3.30. The summed E-state index contributed by atoms with van der Waals surface area (Å²) in [5.74, 6) is 0. The lowest BCUT2D eigenvalue weighted by molar-refractivity contribution is 0.578. The molecule has 0 saturated heterocycles. The van der Waals surface area contributed by atoms with Gasteiger partial charge in [-0.15, -0.1) is 0 Å². The molecule has 0 fully saturated rings. The van der Waals surface area contributed by atoms with Gasteiger partial charge in [0.2, 0.25) is 9.85 Å². The van der Waals surface area contributed by atoms with Gasteiger partial charge in [0.1, 0.15) is 0 Å². The number of hydrogen-bond acceptors (Lipinski definition) is 0. The van der Waals surface area contributed by atoms with E-state index in [4.69, 9.17) is 0 Å². The van der Waals surface area contributed by atoms with Gasteiger partial charge in [-0.3, -0.25) is 0 Å². The van der Waals surface area contributed by atoms with Crippen molar-refractivity contribution < 1.29 is 4.11 Å². The van der Waals surface area contributed by atoms with Gasteiger partial charge < -0.3 is 4.11 Å². The van der Waals surface area contributed by atoms with Gasteiger partial charge in [-0.05, 0) is 5.54 Å². The van der Waals surface area contributed by atoms with E-state index in [1.54, 1.807) is 0 Å². The van der Waals surface area contributed by atoms with Crippen LogP contribution in [0.4, 0.5) is 4.11 Å². The highest BCUT2D eigenvalue weighted by Crippen LogP contribution is 2.20. The normalized spacial score (nSPS) is 12.0. The summed E-state index contributed by atoms with van der Waals surface area (Å²) in [6, 6.07) is 0. The fraction of sp³-hybridized carbons (Fsp3) is 1.00. The van der Waals surface area contributed by atoms with Crippen molar-refractivity contribution in [3.05, 3.63) is 0 Å². The summed E-state index contributed by atoms with van der Waals surface area (Å²) in [4.78, 5) is 0. The summed E-state index contributed by atoms with van der Waals surface area (Å²) in [5.41, 5.74) is 0.495. The molecule has 0 bridgehead atoms. The Morgan fingerprint density at radius 3 is 1.82 bits per heavy atom. The Balaban J connectivity index is 3.25. The fourth-order valence-corrected chi connectivity index (χ4v) is 2.17. The monoisotopic (exact) mass is 176 g/mol. The van der Waals surface area contributed by atoms with E-state index in [-0.39, 0.29) is 0 Å². The van der Waals surface area contributed by atoms with E-state index in [9.17, 15) is 4.11 Å². The first-order valence-corrected chi connectivity index (χ1v) is 6.26. The van der Waals surface area contributed by atoms with Crippen LogP contribution in [0.2, 0.25) is 5.54 Å². The zero-order valence-electron chi connectivity index (χ0n) is 7.91. The molecule has 0 aromatic rings. The molecule has 0 unspecified atom stereocenters. The first-order chi connectivity index (χ1) is 5.35. The van der Waals surface area contributed by atoms with E-state index >= 15 is 0 Å². The number of unbranched alkanes of at least 4 members (excludes halogenated alkanes) is 2. The smallest absolute Gasteiger partial charge is 0.219 e. The molecule has 0 atom stereocenters. The first kappa shape index (κ1) is 11.1. The summed E-state index contributed by atoms with van der Waals surface area (Å²) < 4.78 is 12.4. The van der Waals surface area contributed by atoms with Gasteiger partial charge in [-0.25, -0.2) is 0 Å². The third kappa shape index (κ3) is 6.54. The van der Waals surface area contributed by atoms with Crippen molar-refractivity contribution in [1.82, 2.24) is 0 Å². The Labute approximate surface area is 72.6 Å². The molecule has 0 amide bonds. The van der Waals surface area contributed by atoms with Crippen molar-refractivity contribution in [3.63, 3.8) is 0 Å². The van der Waals surface area contributed by atoms with Gasteiger partial charge in [0, 0.05) is 0 Å². The fourth-order valence-electron chi connectivity index (χ4n) is 1.28. The molecule has 11 heavy (non-hydrogen) atoms. The van der Waals surface area contributed by atoms with E-state index in [1.807, 2.05) is 0 Å². The van der Waals surface area contributed by atoms with Crippen molar-refractivity contribution in [2.24, 2.45) is 0 Å². The van der Waals surface area contributed by atoms with E-state index in [2.05, 4.69) is 13.8 Å². The van der Waals surface area contributed by atoms with Crippen LogP contribution >= 0.6 is 0 Å². The first-order valence-electron chi connectivity index (χ1n) is 4.91. The van der Waals surface area contributed by atoms with Crippen LogP contribution in [0.15, 0.2) is 0 Å². The van der Waals surface area contributed by atoms with Crippen LogP contribution in [0.25, 0.3) is 0 Å². The molecule has 0 aromatic carbocycles. The zero-order chi connectivity index (χ0) is 8.53. The van der Waals surface area contributed by atoms with Gasteiger partial charge in [-0.1, -0.05) is 52.4 Å². The second-order valence-corrected chi connectivity index (χ2v) is 4.77. The molecule has 0 aliphatic carbocycles. The molecule has 68 valence electrons. The third-order valence-electron chi connectivity index (χ3n) is 2.15. The number of hydrogen-bond donors (Lipinski definition) is 0. The highest BCUT2D eigenvalue weighted by Gasteiger charge is 2.07. The SMILES string of the molecule is CCCCC(CCCC)[SiH2]F. The molecule has 0 N–H and O–H groups in total. The van der Waals surface area contributed by atoms with E-state index < -0.39 is 9.85 Å². The van der Waals surface area contributed by atoms with Crippen LogP contribution < -0.4 is 0 Å². The summed E-state index contributed by atoms with van der Waals surface area (Å²) in [5, 5.41) is 0. The molecular weight excluding hydrogens is 155 g/mol. The summed E-state index contributed by atoms with van der Waals surface area (Å²) in [6.07, 6.45) is 7.20. The van der Waals surface area contributed by atoms with Crippen LogP contribution in [-0.2, 0) is 0 Å². The van der Waals surface area contributed by atoms with Gasteiger partial charge in [0.15, 0.2) is 0 Å². The Morgan fingerprint density at radius 2 is 1.55 bits per heavy atom. The third-order valence-corrected chi connectivity index (χ3v) is 3.40. The van der Waals surface area contributed by atoms with Crippen LogP contribution in [-0.4, -0.2) is 9.85 Å². The molecule has 0 heterocycles. The average molecular weight is 176 g/mol. The van der Waals surface area contributed by atoms with Crippen LogP contribution in [0, 0.1) is 0 Å². The van der Waals surface area contributed by atoms with Crippen molar-refractivity contribution in [2.75, 3.05) is 0 Å². The van der Waals surface area contributed by atoms with Gasteiger partial charge in [0.05, 0.1) is 0 Å². The molecule has 0 spiro atoms. The highest BCUT2D eigenvalue weighted by molar-refractivity contribution is 6.28. The molecule has 0 aliphatic rings. The predicted octanol–water partition coefficient (Wildman–Crippen LogP) is 3.21. The largest absolute Gasteiger partial charge is 0.322 e. The lowest BCUT2D eigenvalue weighted by atomic mass is 10.1. The van der Waals surface area contributed by atoms with Crippen LogP contribution in [0.1, 0.15) is 52.4 Å². The van der Waals surface area contributed by atoms with Gasteiger partial charge >= 0.3 is 0 Å². The zero-order valence-corrected chi connectivity index (χ0v) is 9.32. The summed E-state index contributed by atoms with van der Waals surface area (Å²) >= 11 is 0. The molecule has 0 radical (unpaired) electrons. The second kappa shape index (κ2) is 8.25. The van der Waals surface area contributed by atoms with Crippen LogP contribution in [0.5, 0.6) is 0 Å². The minimum absolute atomic E-state index is 0.495. The van der Waals surface area contributed by atoms with Crippen LogP contribution in [0.3, 0.4) is 0 Å². The summed E-state index contributed by atoms with van der Waals surface area (Å²) in [7, 11) is -1.21. The van der Waals surface area contributed by atoms with E-state index in [0.29, 0.717) is 5.54 Å². The van der Waals surface area contributed by atoms with E-state index in [0.717, 1.165) is 12.8 Å². The lowest BCUT2D eigenvalue weighted by Crippen LogP contribution is -1.98. The van der Waals surface area contributed by atoms with Gasteiger partial charge in [-0.2, -0.15) is 0 Å². The summed E-state index contributed by atoms with van der Waals surface area (Å²) in [6.45, 7) is 4.35. The maximum absolute atomic E-state index is 12.4. The molecule has 0 rings (SSSR count). The Morgan fingerprint density at radius 1 is 1.09 bits per heavy atom. The van der Waals surface area contributed by atoms with Crippen molar-refractivity contribution in [1.29, 1.82) is 0 Å². The minimum Gasteiger partial charge on any atom is -0.322 e. The molecule has 0 saturated carbocycles. The average Bonchev–Trinajstić information content (AvgIpc) is 2.05. The quantitative estimate of drug-likeness (QED) is 0.413. The molecular formula is C9H21FSi. The minimum atomic E-state index is -1.21.